The van der Waals surface area contributed by atoms with Crippen molar-refractivity contribution < 1.29 is 9.53 Å². The molecule has 1 rings (SSSR count). The van der Waals surface area contributed by atoms with Gasteiger partial charge in [0.05, 0.1) is 12.7 Å². The molecule has 1 saturated heterocycles. The number of methoxy groups -OCH3 is 1. The van der Waals surface area contributed by atoms with Crippen LogP contribution in [0.25, 0.3) is 0 Å². The SMILES string of the molecule is CCC1NCN(CCCOC)C1=O. The molecule has 1 N–H and O–H groups in total. The molecular weight excluding hydrogens is 168 g/mol. The molecular formula is C9H18N2O2. The van der Waals surface area contributed by atoms with Gasteiger partial charge in [0.2, 0.25) is 5.91 Å². The number of amides is 1. The van der Waals surface area contributed by atoms with Gasteiger partial charge in [0, 0.05) is 20.3 Å². The van der Waals surface area contributed by atoms with Crippen molar-refractivity contribution in [3.05, 3.63) is 0 Å². The first kappa shape index (κ1) is 10.5. The molecule has 0 radical (unpaired) electrons. The number of carbonyl (C=O) groups excluding carboxylic acids is 1. The summed E-state index contributed by atoms with van der Waals surface area (Å²) in [4.78, 5) is 13.4. The summed E-state index contributed by atoms with van der Waals surface area (Å²) in [5.41, 5.74) is 0. The van der Waals surface area contributed by atoms with E-state index in [1.807, 2.05) is 11.8 Å². The minimum absolute atomic E-state index is 0.0440. The van der Waals surface area contributed by atoms with Gasteiger partial charge in [0.1, 0.15) is 0 Å². The molecule has 0 bridgehead atoms. The van der Waals surface area contributed by atoms with E-state index in [0.29, 0.717) is 6.67 Å². The van der Waals surface area contributed by atoms with Gasteiger partial charge in [-0.15, -0.1) is 0 Å². The van der Waals surface area contributed by atoms with Gasteiger partial charge in [0.25, 0.3) is 0 Å². The Balaban J connectivity index is 2.24. The predicted octanol–water partition coefficient (Wildman–Crippen LogP) is 0.191. The Kier molecular flexibility index (Phi) is 4.18. The van der Waals surface area contributed by atoms with Gasteiger partial charge in [-0.3, -0.25) is 10.1 Å². The number of ether oxygens (including phenoxy) is 1. The Hall–Kier alpha value is -0.610. The minimum atomic E-state index is 0.0440. The summed E-state index contributed by atoms with van der Waals surface area (Å²) in [6.45, 7) is 4.24. The van der Waals surface area contributed by atoms with Crippen molar-refractivity contribution in [1.82, 2.24) is 10.2 Å². The second kappa shape index (κ2) is 5.19. The van der Waals surface area contributed by atoms with Gasteiger partial charge >= 0.3 is 0 Å². The van der Waals surface area contributed by atoms with Crippen LogP contribution in [0.15, 0.2) is 0 Å². The average molecular weight is 186 g/mol. The summed E-state index contributed by atoms with van der Waals surface area (Å²) >= 11 is 0. The maximum Gasteiger partial charge on any atom is 0.240 e. The van der Waals surface area contributed by atoms with E-state index in [1.54, 1.807) is 7.11 Å². The molecule has 0 aliphatic carbocycles. The summed E-state index contributed by atoms with van der Waals surface area (Å²) < 4.78 is 4.93. The lowest BCUT2D eigenvalue weighted by atomic mass is 10.2. The monoisotopic (exact) mass is 186 g/mol. The number of nitrogens with one attached hydrogen (secondary N) is 1. The Morgan fingerprint density at radius 3 is 3.00 bits per heavy atom. The van der Waals surface area contributed by atoms with Crippen molar-refractivity contribution in [2.75, 3.05) is 26.9 Å². The quantitative estimate of drug-likeness (QED) is 0.623. The molecule has 0 saturated carbocycles. The molecule has 0 aromatic carbocycles. The van der Waals surface area contributed by atoms with Gasteiger partial charge in [-0.2, -0.15) is 0 Å². The van der Waals surface area contributed by atoms with Gasteiger partial charge in [0.15, 0.2) is 0 Å². The van der Waals surface area contributed by atoms with E-state index in [-0.39, 0.29) is 11.9 Å². The van der Waals surface area contributed by atoms with Crippen LogP contribution in [-0.2, 0) is 9.53 Å². The highest BCUT2D eigenvalue weighted by Gasteiger charge is 2.28. The van der Waals surface area contributed by atoms with Crippen molar-refractivity contribution >= 4 is 5.91 Å². The van der Waals surface area contributed by atoms with Crippen molar-refractivity contribution in [2.24, 2.45) is 0 Å². The maximum absolute atomic E-state index is 11.6. The minimum Gasteiger partial charge on any atom is -0.385 e. The first-order chi connectivity index (χ1) is 6.29. The van der Waals surface area contributed by atoms with Crippen LogP contribution >= 0.6 is 0 Å². The predicted molar refractivity (Wildman–Crippen MR) is 50.3 cm³/mol. The zero-order valence-electron chi connectivity index (χ0n) is 8.38. The number of rotatable bonds is 5. The molecule has 1 heterocycles. The summed E-state index contributed by atoms with van der Waals surface area (Å²) in [5.74, 6) is 0.235. The second-order valence-corrected chi connectivity index (χ2v) is 3.27. The average Bonchev–Trinajstić information content (AvgIpc) is 2.48. The Morgan fingerprint density at radius 1 is 1.69 bits per heavy atom. The highest BCUT2D eigenvalue weighted by Crippen LogP contribution is 2.06. The van der Waals surface area contributed by atoms with Crippen molar-refractivity contribution in [3.63, 3.8) is 0 Å². The zero-order chi connectivity index (χ0) is 9.68. The standard InChI is InChI=1S/C9H18N2O2/c1-3-8-9(12)11(7-10-8)5-4-6-13-2/h8,10H,3-7H2,1-2H3. The maximum atomic E-state index is 11.6. The number of hydrogen-bond donors (Lipinski definition) is 1. The smallest absolute Gasteiger partial charge is 0.240 e. The first-order valence-electron chi connectivity index (χ1n) is 4.80. The van der Waals surface area contributed by atoms with Crippen LogP contribution in [0, 0.1) is 0 Å². The van der Waals surface area contributed by atoms with E-state index in [1.165, 1.54) is 0 Å². The van der Waals surface area contributed by atoms with Crippen molar-refractivity contribution in [1.29, 1.82) is 0 Å². The fraction of sp³-hybridized carbons (Fsp3) is 0.889. The van der Waals surface area contributed by atoms with Crippen molar-refractivity contribution in [3.8, 4) is 0 Å². The highest BCUT2D eigenvalue weighted by atomic mass is 16.5. The number of hydrogen-bond acceptors (Lipinski definition) is 3. The van der Waals surface area contributed by atoms with Crippen LogP contribution in [0.1, 0.15) is 19.8 Å². The molecule has 1 aliphatic heterocycles. The lowest BCUT2D eigenvalue weighted by Crippen LogP contribution is -2.31. The van der Waals surface area contributed by atoms with Crippen LogP contribution in [0.2, 0.25) is 0 Å². The molecule has 0 spiro atoms. The Bertz CT molecular complexity index is 173. The van der Waals surface area contributed by atoms with E-state index in [9.17, 15) is 4.79 Å². The van der Waals surface area contributed by atoms with Crippen LogP contribution in [-0.4, -0.2) is 43.8 Å². The third-order valence-electron chi connectivity index (χ3n) is 2.32. The van der Waals surface area contributed by atoms with Gasteiger partial charge in [-0.25, -0.2) is 0 Å². The van der Waals surface area contributed by atoms with Gasteiger partial charge in [-0.05, 0) is 12.8 Å². The molecule has 1 fully saturated rings. The lowest BCUT2D eigenvalue weighted by molar-refractivity contribution is -0.129. The molecule has 1 amide bonds. The summed E-state index contributed by atoms with van der Waals surface area (Å²) in [6, 6.07) is 0.0440. The molecule has 0 aromatic heterocycles. The molecule has 1 atom stereocenters. The summed E-state index contributed by atoms with van der Waals surface area (Å²) in [5, 5.41) is 3.17. The topological polar surface area (TPSA) is 41.6 Å². The van der Waals surface area contributed by atoms with E-state index in [2.05, 4.69) is 5.32 Å². The molecule has 4 heteroatoms. The van der Waals surface area contributed by atoms with Crippen LogP contribution in [0.5, 0.6) is 0 Å². The fourth-order valence-corrected chi connectivity index (χ4v) is 1.51. The summed E-state index contributed by atoms with van der Waals surface area (Å²) in [6.07, 6.45) is 1.79. The van der Waals surface area contributed by atoms with Crippen LogP contribution < -0.4 is 5.32 Å². The fourth-order valence-electron chi connectivity index (χ4n) is 1.51. The van der Waals surface area contributed by atoms with E-state index < -0.39 is 0 Å². The Morgan fingerprint density at radius 2 is 2.46 bits per heavy atom. The third kappa shape index (κ3) is 2.67. The Labute approximate surface area is 79.2 Å². The number of carbonyl (C=O) groups is 1. The molecule has 13 heavy (non-hydrogen) atoms. The highest BCUT2D eigenvalue weighted by molar-refractivity contribution is 5.83. The first-order valence-corrected chi connectivity index (χ1v) is 4.80. The third-order valence-corrected chi connectivity index (χ3v) is 2.32. The molecule has 1 unspecified atom stereocenters. The zero-order valence-corrected chi connectivity index (χ0v) is 8.38. The molecule has 76 valence electrons. The van der Waals surface area contributed by atoms with E-state index in [4.69, 9.17) is 4.74 Å². The van der Waals surface area contributed by atoms with Crippen LogP contribution in [0.3, 0.4) is 0 Å². The normalized spacial score (nSPS) is 22.8. The van der Waals surface area contributed by atoms with Gasteiger partial charge in [-0.1, -0.05) is 6.92 Å². The summed E-state index contributed by atoms with van der Waals surface area (Å²) in [7, 11) is 1.68. The largest absolute Gasteiger partial charge is 0.385 e. The molecule has 1 aliphatic rings. The van der Waals surface area contributed by atoms with Crippen LogP contribution in [0.4, 0.5) is 0 Å². The van der Waals surface area contributed by atoms with Gasteiger partial charge < -0.3 is 9.64 Å². The van der Waals surface area contributed by atoms with E-state index in [0.717, 1.165) is 26.0 Å². The molecule has 0 aromatic rings. The molecule has 4 nitrogen and oxygen atoms in total. The second-order valence-electron chi connectivity index (χ2n) is 3.27. The van der Waals surface area contributed by atoms with E-state index >= 15 is 0 Å². The lowest BCUT2D eigenvalue weighted by Gasteiger charge is -2.14. The number of nitrogens with zero attached hydrogens (tertiary/aromatic N) is 1. The van der Waals surface area contributed by atoms with Crippen molar-refractivity contribution in [2.45, 2.75) is 25.8 Å².